The van der Waals surface area contributed by atoms with E-state index in [1.54, 1.807) is 20.0 Å². The largest absolute Gasteiger partial charge is 0.393 e. The fourth-order valence-corrected chi connectivity index (χ4v) is 16.2. The molecule has 0 spiro atoms. The summed E-state index contributed by atoms with van der Waals surface area (Å²) in [5, 5.41) is 45.8. The number of nitrogens with two attached hydrogens (primary N) is 2. The van der Waals surface area contributed by atoms with E-state index in [0.717, 1.165) is 43.0 Å². The van der Waals surface area contributed by atoms with Gasteiger partial charge in [0.1, 0.15) is 36.3 Å². The van der Waals surface area contributed by atoms with Gasteiger partial charge in [0.15, 0.2) is 0 Å². The Balaban J connectivity index is 0.928. The first-order chi connectivity index (χ1) is 44.0. The molecule has 2 heterocycles. The van der Waals surface area contributed by atoms with Gasteiger partial charge < -0.3 is 68.9 Å². The van der Waals surface area contributed by atoms with Gasteiger partial charge in [-0.1, -0.05) is 79.5 Å². The quantitative estimate of drug-likeness (QED) is 0.0427. The minimum absolute atomic E-state index is 0.0103. The maximum absolute atomic E-state index is 14.3. The van der Waals surface area contributed by atoms with E-state index in [0.29, 0.717) is 35.8 Å². The molecule has 0 bridgehead atoms. The number of nitrogens with one attached hydrogen (secondary N) is 10. The predicted octanol–water partition coefficient (Wildman–Crippen LogP) is 2.82. The number of hydrogen-bond acceptors (Lipinski definition) is 15. The molecule has 0 saturated heterocycles. The minimum atomic E-state index is -1.33. The summed E-state index contributed by atoms with van der Waals surface area (Å²) >= 11 is 1.45. The molecular weight excluding hydrogens is 1210 g/mol. The number of aromatic amines is 2. The highest BCUT2D eigenvalue weighted by atomic mass is 32.2. The van der Waals surface area contributed by atoms with Crippen molar-refractivity contribution in [3.8, 4) is 0 Å². The van der Waals surface area contributed by atoms with Crippen LogP contribution in [-0.2, 0) is 60.8 Å². The number of carbonyl (C=O) groups excluding carboxylic acids is 10. The third kappa shape index (κ3) is 18.5. The number of imidazole rings is 1. The van der Waals surface area contributed by atoms with Crippen LogP contribution in [0.2, 0.25) is 0 Å². The molecule has 10 amide bonds. The minimum Gasteiger partial charge on any atom is -0.393 e. The molecule has 17 atom stereocenters. The molecular formula is C67H103N13O12S. The lowest BCUT2D eigenvalue weighted by Crippen LogP contribution is -2.61. The molecule has 0 aliphatic heterocycles. The van der Waals surface area contributed by atoms with Crippen molar-refractivity contribution < 1.29 is 58.2 Å². The second kappa shape index (κ2) is 33.0. The summed E-state index contributed by atoms with van der Waals surface area (Å²) in [6, 6.07) is -1.22. The number of fused-ring (bicyclic) bond motifs is 6. The van der Waals surface area contributed by atoms with Gasteiger partial charge in [0, 0.05) is 49.0 Å². The van der Waals surface area contributed by atoms with Crippen molar-refractivity contribution in [2.24, 2.45) is 69.6 Å². The Bertz CT molecular complexity index is 3110. The molecule has 0 radical (unpaired) electrons. The van der Waals surface area contributed by atoms with Crippen LogP contribution in [0.25, 0.3) is 10.9 Å². The molecule has 4 saturated carbocycles. The molecule has 16 N–H and O–H groups in total. The summed E-state index contributed by atoms with van der Waals surface area (Å²) in [6.07, 6.45) is 14.0. The van der Waals surface area contributed by atoms with E-state index in [2.05, 4.69) is 78.3 Å². The van der Waals surface area contributed by atoms with Gasteiger partial charge in [-0.3, -0.25) is 53.3 Å². The zero-order valence-corrected chi connectivity index (χ0v) is 56.4. The second-order valence-corrected chi connectivity index (χ2v) is 29.1. The number of aliphatic hydroxyl groups excluding tert-OH is 2. The molecule has 1 aromatic carbocycles. The number of para-hydroxylation sites is 1. The topological polar surface area (TPSA) is 404 Å². The molecule has 7 rings (SSSR count). The van der Waals surface area contributed by atoms with Crippen molar-refractivity contribution >= 4 is 81.7 Å². The predicted molar refractivity (Wildman–Crippen MR) is 352 cm³/mol. The Morgan fingerprint density at radius 1 is 0.710 bits per heavy atom. The molecule has 4 aliphatic carbocycles. The Kier molecular flexibility index (Phi) is 26.1. The molecule has 2 aromatic heterocycles. The lowest BCUT2D eigenvalue weighted by atomic mass is 9.43. The zero-order valence-electron chi connectivity index (χ0n) is 55.6. The number of nitrogens with zero attached hydrogens (tertiary/aromatic N) is 1. The summed E-state index contributed by atoms with van der Waals surface area (Å²) in [5.41, 5.74) is 12.9. The Morgan fingerprint density at radius 3 is 2.09 bits per heavy atom. The van der Waals surface area contributed by atoms with Crippen LogP contribution in [0.4, 0.5) is 0 Å². The van der Waals surface area contributed by atoms with Crippen LogP contribution in [-0.4, -0.2) is 157 Å². The summed E-state index contributed by atoms with van der Waals surface area (Å²) in [5.74, 6) is -6.09. The Morgan fingerprint density at radius 2 is 1.40 bits per heavy atom. The van der Waals surface area contributed by atoms with Crippen LogP contribution in [0.15, 0.2) is 43.0 Å². The fourth-order valence-electron chi connectivity index (χ4n) is 15.8. The summed E-state index contributed by atoms with van der Waals surface area (Å²) in [6.45, 7) is 14.5. The number of imide groups is 1. The number of rotatable bonds is 32. The molecule has 4 aliphatic rings. The summed E-state index contributed by atoms with van der Waals surface area (Å²) < 4.78 is 0. The van der Waals surface area contributed by atoms with E-state index in [9.17, 15) is 58.2 Å². The molecule has 514 valence electrons. The third-order valence-corrected chi connectivity index (χ3v) is 21.6. The average molecular weight is 1310 g/mol. The van der Waals surface area contributed by atoms with Crippen LogP contribution in [0.3, 0.4) is 0 Å². The van der Waals surface area contributed by atoms with Gasteiger partial charge in [-0.25, -0.2) is 4.98 Å². The van der Waals surface area contributed by atoms with Crippen molar-refractivity contribution in [3.05, 3.63) is 54.2 Å². The van der Waals surface area contributed by atoms with E-state index in [-0.39, 0.29) is 92.0 Å². The summed E-state index contributed by atoms with van der Waals surface area (Å²) in [7, 11) is 0. The average Bonchev–Trinajstić information content (AvgIpc) is 1.68. The highest BCUT2D eigenvalue weighted by Gasteiger charge is 2.65. The van der Waals surface area contributed by atoms with Gasteiger partial charge >= 0.3 is 0 Å². The number of carbonyl (C=O) groups is 10. The summed E-state index contributed by atoms with van der Waals surface area (Å²) in [4.78, 5) is 146. The standard InChI is InChI=1S/C67H103N13O12S/c1-35(2)26-49(63(90)76-48(23-25-93-9)61(88)79-55(84)22-17-37(5)43-18-19-44-57-45(30-53(82)67(43,44)8)66(7)24-13-12-14-40(66)28-52(57)81)78-64(91)51(29-41-32-70-34-73-41)75-56(85)33-72-65(92)58(36(3)4)80-59(86)38(6)74-62(89)50(77-60(87)46(68)20-21-54(69)83)27-39-31-71-47-16-11-10-15-42(39)47/h10-11,15-16,31-32,34-38,40,43-46,48-53,57-58,71,81-82H,12-14,17-30,33,68H2,1-9H3,(H2,69,83)(H,70,73)(H,72,92)(H,74,89)(H,75,85)(H,76,90)(H,77,87)(H,78,91)(H,80,86)(H,79,84,88)/t37-,38+,40?,43-,44?,45?,46+,48+,49+,50+,51+,52?,53?,57?,58+,66+,67-/m1/s1. The van der Waals surface area contributed by atoms with Gasteiger partial charge in [0.25, 0.3) is 0 Å². The number of benzene rings is 1. The van der Waals surface area contributed by atoms with Crippen LogP contribution >= 0.6 is 11.8 Å². The highest BCUT2D eigenvalue weighted by molar-refractivity contribution is 7.98. The normalized spacial score (nSPS) is 25.8. The zero-order chi connectivity index (χ0) is 68.1. The van der Waals surface area contributed by atoms with E-state index in [4.69, 9.17) is 11.5 Å². The Hall–Kier alpha value is -6.90. The fraction of sp³-hybridized carbons (Fsp3) is 0.687. The van der Waals surface area contributed by atoms with E-state index >= 15 is 0 Å². The van der Waals surface area contributed by atoms with Crippen molar-refractivity contribution in [1.82, 2.24) is 57.5 Å². The van der Waals surface area contributed by atoms with Crippen molar-refractivity contribution in [2.75, 3.05) is 18.6 Å². The Labute approximate surface area is 550 Å². The van der Waals surface area contributed by atoms with Crippen LogP contribution in [0, 0.1) is 58.2 Å². The van der Waals surface area contributed by atoms with Crippen LogP contribution in [0.5, 0.6) is 0 Å². The smallest absolute Gasteiger partial charge is 0.249 e. The van der Waals surface area contributed by atoms with Gasteiger partial charge in [-0.05, 0) is 153 Å². The number of amides is 10. The molecule has 25 nitrogen and oxygen atoms in total. The molecule has 4 fully saturated rings. The van der Waals surface area contributed by atoms with E-state index < -0.39 is 125 Å². The lowest BCUT2D eigenvalue weighted by Gasteiger charge is -2.63. The molecule has 26 heteroatoms. The SMILES string of the molecule is CSCC[C@H](NC(=O)[C@H](CC(C)C)NC(=O)[C@H](Cc1c[nH]cn1)NC(=O)CNC(=O)[C@@H](NC(=O)[C@H](C)NC(=O)[C@H](Cc1c[nH]c2ccccc12)NC(=O)[C@@H](N)CCC(N)=O)C(C)C)C(=O)NC(=O)CC[C@@H](C)[C@H]1CCC2C3C(O)CC4CCCC[C@]4(C)C3CC(O)[C@@]21C. The monoisotopic (exact) mass is 1310 g/mol. The number of thioether (sulfide) groups is 1. The van der Waals surface area contributed by atoms with Crippen LogP contribution in [0.1, 0.15) is 157 Å². The third-order valence-electron chi connectivity index (χ3n) is 21.0. The number of primary amides is 1. The highest BCUT2D eigenvalue weighted by Crippen LogP contribution is 2.68. The molecule has 3 aromatic rings. The number of aliphatic hydroxyl groups is 2. The number of H-pyrrole nitrogens is 2. The second-order valence-electron chi connectivity index (χ2n) is 28.1. The van der Waals surface area contributed by atoms with Crippen molar-refractivity contribution in [1.29, 1.82) is 0 Å². The van der Waals surface area contributed by atoms with Crippen molar-refractivity contribution in [2.45, 2.75) is 213 Å². The van der Waals surface area contributed by atoms with Gasteiger partial charge in [-0.2, -0.15) is 11.8 Å². The van der Waals surface area contributed by atoms with E-state index in [1.807, 2.05) is 44.4 Å². The number of aromatic nitrogens is 3. The first-order valence-electron chi connectivity index (χ1n) is 33.4. The first-order valence-corrected chi connectivity index (χ1v) is 34.8. The van der Waals surface area contributed by atoms with E-state index in [1.165, 1.54) is 44.1 Å². The maximum Gasteiger partial charge on any atom is 0.249 e. The van der Waals surface area contributed by atoms with Gasteiger partial charge in [0.2, 0.25) is 59.1 Å². The first kappa shape index (κ1) is 73.5. The number of hydrogen-bond donors (Lipinski definition) is 14. The molecule has 6 unspecified atom stereocenters. The lowest BCUT2D eigenvalue weighted by molar-refractivity contribution is -0.201. The van der Waals surface area contributed by atoms with Crippen molar-refractivity contribution in [3.63, 3.8) is 0 Å². The van der Waals surface area contributed by atoms with Gasteiger partial charge in [-0.15, -0.1) is 0 Å². The van der Waals surface area contributed by atoms with Gasteiger partial charge in [0.05, 0.1) is 36.8 Å². The van der Waals surface area contributed by atoms with Crippen LogP contribution < -0.4 is 54.0 Å². The maximum atomic E-state index is 14.3. The molecule has 93 heavy (non-hydrogen) atoms.